The summed E-state index contributed by atoms with van der Waals surface area (Å²) in [6, 6.07) is 7.45. The third kappa shape index (κ3) is 2.44. The number of fused-ring (bicyclic) bond motifs is 1. The predicted octanol–water partition coefficient (Wildman–Crippen LogP) is 4.06. The Hall–Kier alpha value is -2.16. The number of aromatic amines is 1. The summed E-state index contributed by atoms with van der Waals surface area (Å²) in [5.41, 5.74) is 8.56. The van der Waals surface area contributed by atoms with Crippen LogP contribution >= 0.6 is 23.2 Å². The van der Waals surface area contributed by atoms with Crippen molar-refractivity contribution < 1.29 is 4.74 Å². The smallest absolute Gasteiger partial charge is 0.244 e. The Balaban J connectivity index is 2.31. The SMILES string of the molecule is CC(C)c1[nH]nc2c1[C@H](c1cccc(Cl)c1Cl)C(C#N)=C(N)O2. The van der Waals surface area contributed by atoms with Crippen molar-refractivity contribution in [2.24, 2.45) is 5.73 Å². The van der Waals surface area contributed by atoms with Crippen molar-refractivity contribution in [1.29, 1.82) is 5.26 Å². The highest BCUT2D eigenvalue weighted by Gasteiger charge is 2.36. The molecule has 5 nitrogen and oxygen atoms in total. The topological polar surface area (TPSA) is 87.7 Å². The molecule has 0 radical (unpaired) electrons. The third-order valence-corrected chi connectivity index (χ3v) is 4.67. The summed E-state index contributed by atoms with van der Waals surface area (Å²) in [5, 5.41) is 17.5. The Labute approximate surface area is 143 Å². The quantitative estimate of drug-likeness (QED) is 0.856. The lowest BCUT2D eigenvalue weighted by Gasteiger charge is -2.25. The molecule has 0 saturated heterocycles. The van der Waals surface area contributed by atoms with Crippen LogP contribution in [0.15, 0.2) is 29.7 Å². The summed E-state index contributed by atoms with van der Waals surface area (Å²) in [6.45, 7) is 4.05. The van der Waals surface area contributed by atoms with Gasteiger partial charge in [-0.05, 0) is 17.5 Å². The number of halogens is 2. The maximum absolute atomic E-state index is 9.57. The lowest BCUT2D eigenvalue weighted by atomic mass is 9.82. The summed E-state index contributed by atoms with van der Waals surface area (Å²) in [5.74, 6) is 0.0924. The van der Waals surface area contributed by atoms with Crippen LogP contribution < -0.4 is 10.5 Å². The second kappa shape index (κ2) is 5.80. The Morgan fingerprint density at radius 1 is 1.39 bits per heavy atom. The van der Waals surface area contributed by atoms with E-state index in [0.29, 0.717) is 27.1 Å². The Bertz CT molecular complexity index is 848. The monoisotopic (exact) mass is 348 g/mol. The van der Waals surface area contributed by atoms with Crippen molar-refractivity contribution in [1.82, 2.24) is 10.2 Å². The van der Waals surface area contributed by atoms with E-state index in [2.05, 4.69) is 16.3 Å². The first-order chi connectivity index (χ1) is 11.0. The number of hydrogen-bond acceptors (Lipinski definition) is 4. The number of ether oxygens (including phenoxy) is 1. The van der Waals surface area contributed by atoms with Crippen LogP contribution in [-0.2, 0) is 0 Å². The average molecular weight is 349 g/mol. The summed E-state index contributed by atoms with van der Waals surface area (Å²) >= 11 is 12.5. The highest BCUT2D eigenvalue weighted by atomic mass is 35.5. The van der Waals surface area contributed by atoms with Gasteiger partial charge < -0.3 is 10.5 Å². The lowest BCUT2D eigenvalue weighted by Crippen LogP contribution is -2.21. The predicted molar refractivity (Wildman–Crippen MR) is 88.4 cm³/mol. The van der Waals surface area contributed by atoms with Crippen LogP contribution in [-0.4, -0.2) is 10.2 Å². The van der Waals surface area contributed by atoms with Gasteiger partial charge in [-0.2, -0.15) is 5.26 Å². The second-order valence-corrected chi connectivity index (χ2v) is 6.36. The minimum Gasteiger partial charge on any atom is -0.420 e. The number of hydrogen-bond donors (Lipinski definition) is 2. The molecule has 0 spiro atoms. The summed E-state index contributed by atoms with van der Waals surface area (Å²) < 4.78 is 5.50. The molecule has 1 atom stereocenters. The molecule has 3 rings (SSSR count). The van der Waals surface area contributed by atoms with Gasteiger partial charge in [0.15, 0.2) is 0 Å². The number of aromatic nitrogens is 2. The zero-order valence-corrected chi connectivity index (χ0v) is 14.0. The van der Waals surface area contributed by atoms with E-state index in [-0.39, 0.29) is 11.8 Å². The van der Waals surface area contributed by atoms with Gasteiger partial charge in [-0.25, -0.2) is 0 Å². The molecule has 3 N–H and O–H groups in total. The van der Waals surface area contributed by atoms with Crippen LogP contribution in [0.1, 0.15) is 42.5 Å². The molecule has 0 bridgehead atoms. The van der Waals surface area contributed by atoms with Gasteiger partial charge in [0, 0.05) is 5.69 Å². The molecule has 1 aromatic heterocycles. The summed E-state index contributed by atoms with van der Waals surface area (Å²) in [7, 11) is 0. The van der Waals surface area contributed by atoms with E-state index in [9.17, 15) is 5.26 Å². The van der Waals surface area contributed by atoms with Gasteiger partial charge in [-0.3, -0.25) is 5.10 Å². The number of nitrogens with one attached hydrogen (secondary N) is 1. The van der Waals surface area contributed by atoms with Crippen molar-refractivity contribution in [3.63, 3.8) is 0 Å². The molecule has 0 saturated carbocycles. The van der Waals surface area contributed by atoms with Crippen LogP contribution in [0.4, 0.5) is 0 Å². The normalized spacial score (nSPS) is 17.0. The first-order valence-electron chi connectivity index (χ1n) is 7.05. The minimum atomic E-state index is -0.467. The molecule has 0 fully saturated rings. The average Bonchev–Trinajstić information content (AvgIpc) is 2.92. The van der Waals surface area contributed by atoms with Crippen LogP contribution in [0.3, 0.4) is 0 Å². The van der Waals surface area contributed by atoms with Crippen molar-refractivity contribution in [3.8, 4) is 11.9 Å². The molecule has 2 aromatic rings. The fourth-order valence-electron chi connectivity index (χ4n) is 2.76. The highest BCUT2D eigenvalue weighted by molar-refractivity contribution is 6.42. The molecule has 1 aromatic carbocycles. The van der Waals surface area contributed by atoms with E-state index < -0.39 is 5.92 Å². The molecule has 118 valence electrons. The molecule has 0 unspecified atom stereocenters. The van der Waals surface area contributed by atoms with E-state index in [4.69, 9.17) is 33.7 Å². The van der Waals surface area contributed by atoms with Gasteiger partial charge in [-0.1, -0.05) is 49.2 Å². The Morgan fingerprint density at radius 3 is 2.78 bits per heavy atom. The first kappa shape index (κ1) is 15.7. The highest BCUT2D eigenvalue weighted by Crippen LogP contribution is 2.47. The van der Waals surface area contributed by atoms with E-state index in [1.807, 2.05) is 19.9 Å². The van der Waals surface area contributed by atoms with E-state index in [0.717, 1.165) is 11.3 Å². The van der Waals surface area contributed by atoms with E-state index in [1.54, 1.807) is 12.1 Å². The number of nitrogens with two attached hydrogens (primary N) is 1. The molecule has 2 heterocycles. The van der Waals surface area contributed by atoms with Gasteiger partial charge in [0.05, 0.1) is 21.5 Å². The molecule has 1 aliphatic rings. The van der Waals surface area contributed by atoms with Gasteiger partial charge in [-0.15, -0.1) is 5.10 Å². The second-order valence-electron chi connectivity index (χ2n) is 5.58. The zero-order chi connectivity index (χ0) is 16.7. The number of nitrogens with zero attached hydrogens (tertiary/aromatic N) is 2. The zero-order valence-electron chi connectivity index (χ0n) is 12.5. The van der Waals surface area contributed by atoms with Crippen molar-refractivity contribution in [3.05, 3.63) is 56.5 Å². The van der Waals surface area contributed by atoms with Gasteiger partial charge in [0.1, 0.15) is 11.6 Å². The summed E-state index contributed by atoms with van der Waals surface area (Å²) in [6.07, 6.45) is 0. The number of allylic oxidation sites excluding steroid dienone is 1. The molecule has 1 aliphatic heterocycles. The third-order valence-electron chi connectivity index (χ3n) is 3.84. The maximum Gasteiger partial charge on any atom is 0.244 e. The van der Waals surface area contributed by atoms with Crippen LogP contribution in [0.5, 0.6) is 5.88 Å². The number of benzene rings is 1. The first-order valence-corrected chi connectivity index (χ1v) is 7.81. The molecule has 7 heteroatoms. The van der Waals surface area contributed by atoms with E-state index >= 15 is 0 Å². The van der Waals surface area contributed by atoms with Crippen LogP contribution in [0.2, 0.25) is 10.0 Å². The summed E-state index contributed by atoms with van der Waals surface area (Å²) in [4.78, 5) is 0. The fraction of sp³-hybridized carbons (Fsp3) is 0.250. The van der Waals surface area contributed by atoms with Gasteiger partial charge >= 0.3 is 0 Å². The van der Waals surface area contributed by atoms with E-state index in [1.165, 1.54) is 0 Å². The molecule has 23 heavy (non-hydrogen) atoms. The molecule has 0 amide bonds. The molecular formula is C16H14Cl2N4O. The number of nitriles is 1. The van der Waals surface area contributed by atoms with Crippen molar-refractivity contribution >= 4 is 23.2 Å². The Kier molecular flexibility index (Phi) is 3.97. The van der Waals surface area contributed by atoms with Gasteiger partial charge in [0.25, 0.3) is 0 Å². The van der Waals surface area contributed by atoms with Gasteiger partial charge in [0.2, 0.25) is 11.8 Å². The van der Waals surface area contributed by atoms with Crippen LogP contribution in [0, 0.1) is 11.3 Å². The Morgan fingerprint density at radius 2 is 2.13 bits per heavy atom. The largest absolute Gasteiger partial charge is 0.420 e. The molecule has 0 aliphatic carbocycles. The van der Waals surface area contributed by atoms with Crippen LogP contribution in [0.25, 0.3) is 0 Å². The maximum atomic E-state index is 9.57. The number of rotatable bonds is 2. The molecular weight excluding hydrogens is 335 g/mol. The minimum absolute atomic E-state index is 0.0304. The number of H-pyrrole nitrogens is 1. The standard InChI is InChI=1S/C16H14Cl2N4O/c1-7(2)14-12-11(8-4-3-5-10(17)13(8)18)9(6-19)15(20)23-16(12)22-21-14/h3-5,7,11H,20H2,1-2H3,(H,21,22)/t11-/m1/s1. The van der Waals surface area contributed by atoms with Crippen molar-refractivity contribution in [2.45, 2.75) is 25.7 Å². The lowest BCUT2D eigenvalue weighted by molar-refractivity contribution is 0.378. The van der Waals surface area contributed by atoms with Crippen molar-refractivity contribution in [2.75, 3.05) is 0 Å². The fourth-order valence-corrected chi connectivity index (χ4v) is 3.18.